The van der Waals surface area contributed by atoms with Gasteiger partial charge in [-0.25, -0.2) is 13.9 Å². The second-order valence-electron chi connectivity index (χ2n) is 4.51. The highest BCUT2D eigenvalue weighted by atomic mass is 19.1. The summed E-state index contributed by atoms with van der Waals surface area (Å²) >= 11 is 0. The van der Waals surface area contributed by atoms with Crippen LogP contribution in [0.5, 0.6) is 0 Å². The third-order valence-corrected chi connectivity index (χ3v) is 3.01. The van der Waals surface area contributed by atoms with Gasteiger partial charge in [0.05, 0.1) is 17.6 Å². The van der Waals surface area contributed by atoms with E-state index in [1.54, 1.807) is 29.8 Å². The van der Waals surface area contributed by atoms with Crippen molar-refractivity contribution in [2.75, 3.05) is 6.61 Å². The molecule has 0 spiro atoms. The summed E-state index contributed by atoms with van der Waals surface area (Å²) < 4.78 is 19.6. The second-order valence-corrected chi connectivity index (χ2v) is 4.51. The summed E-state index contributed by atoms with van der Waals surface area (Å²) in [5.41, 5.74) is 1.76. The molecule has 0 fully saturated rings. The minimum absolute atomic E-state index is 0.244. The van der Waals surface area contributed by atoms with Crippen LogP contribution >= 0.6 is 0 Å². The van der Waals surface area contributed by atoms with Crippen molar-refractivity contribution in [1.82, 2.24) is 9.78 Å². The summed E-state index contributed by atoms with van der Waals surface area (Å²) in [6, 6.07) is 5.91. The summed E-state index contributed by atoms with van der Waals surface area (Å²) in [6.07, 6.45) is 6.10. The van der Waals surface area contributed by atoms with E-state index in [0.29, 0.717) is 16.9 Å². The Morgan fingerprint density at radius 2 is 2.05 bits per heavy atom. The van der Waals surface area contributed by atoms with E-state index < -0.39 is 5.97 Å². The van der Waals surface area contributed by atoms with Gasteiger partial charge in [0.1, 0.15) is 18.0 Å². The standard InChI is InChI=1S/C16H17FN2O2/c1-3-4-5-10-21-16(20)15-11-18-19(12(15)2)14-8-6-13(17)7-9-14/h4-9,11H,3,10H2,1-2H3/b5-4+. The predicted molar refractivity (Wildman–Crippen MR) is 78.0 cm³/mol. The molecule has 0 bridgehead atoms. The van der Waals surface area contributed by atoms with Crippen molar-refractivity contribution in [3.05, 3.63) is 59.7 Å². The Hall–Kier alpha value is -2.43. The zero-order valence-corrected chi connectivity index (χ0v) is 12.0. The fourth-order valence-electron chi connectivity index (χ4n) is 1.89. The molecule has 1 aromatic carbocycles. The minimum Gasteiger partial charge on any atom is -0.458 e. The number of hydrogen-bond acceptors (Lipinski definition) is 3. The van der Waals surface area contributed by atoms with Gasteiger partial charge >= 0.3 is 5.97 Å². The van der Waals surface area contributed by atoms with E-state index >= 15 is 0 Å². The Bertz CT molecular complexity index is 645. The lowest BCUT2D eigenvalue weighted by Crippen LogP contribution is -2.07. The van der Waals surface area contributed by atoms with Gasteiger partial charge in [0.2, 0.25) is 0 Å². The molecule has 0 radical (unpaired) electrons. The van der Waals surface area contributed by atoms with Gasteiger partial charge in [-0.2, -0.15) is 5.10 Å². The number of rotatable bonds is 5. The van der Waals surface area contributed by atoms with Crippen LogP contribution in [0.4, 0.5) is 4.39 Å². The van der Waals surface area contributed by atoms with E-state index in [4.69, 9.17) is 4.74 Å². The lowest BCUT2D eigenvalue weighted by molar-refractivity contribution is 0.0548. The third kappa shape index (κ3) is 3.56. The number of esters is 1. The number of aromatic nitrogens is 2. The van der Waals surface area contributed by atoms with E-state index in [9.17, 15) is 9.18 Å². The maximum absolute atomic E-state index is 12.9. The highest BCUT2D eigenvalue weighted by Crippen LogP contribution is 2.15. The smallest absolute Gasteiger partial charge is 0.341 e. The number of carbonyl (C=O) groups excluding carboxylic acids is 1. The summed E-state index contributed by atoms with van der Waals surface area (Å²) in [5, 5.41) is 4.16. The number of carbonyl (C=O) groups is 1. The first-order valence-electron chi connectivity index (χ1n) is 6.76. The molecule has 4 nitrogen and oxygen atoms in total. The van der Waals surface area contributed by atoms with Crippen LogP contribution in [-0.4, -0.2) is 22.4 Å². The summed E-state index contributed by atoms with van der Waals surface area (Å²) in [4.78, 5) is 12.0. The van der Waals surface area contributed by atoms with Gasteiger partial charge in [-0.15, -0.1) is 0 Å². The molecule has 0 amide bonds. The lowest BCUT2D eigenvalue weighted by atomic mass is 10.2. The Morgan fingerprint density at radius 1 is 1.33 bits per heavy atom. The minimum atomic E-state index is -0.415. The van der Waals surface area contributed by atoms with Gasteiger partial charge in [0.25, 0.3) is 0 Å². The molecule has 2 rings (SSSR count). The zero-order chi connectivity index (χ0) is 15.2. The van der Waals surface area contributed by atoms with Crippen molar-refractivity contribution in [2.24, 2.45) is 0 Å². The second kappa shape index (κ2) is 6.83. The summed E-state index contributed by atoms with van der Waals surface area (Å²) in [6.45, 7) is 4.03. The van der Waals surface area contributed by atoms with Gasteiger partial charge in [-0.1, -0.05) is 19.1 Å². The van der Waals surface area contributed by atoms with E-state index in [2.05, 4.69) is 5.10 Å². The van der Waals surface area contributed by atoms with Crippen molar-refractivity contribution in [3.8, 4) is 5.69 Å². The lowest BCUT2D eigenvalue weighted by Gasteiger charge is -2.05. The Balaban J connectivity index is 2.14. The normalized spacial score (nSPS) is 11.0. The van der Waals surface area contributed by atoms with Crippen LogP contribution < -0.4 is 0 Å². The van der Waals surface area contributed by atoms with Crippen LogP contribution in [0.1, 0.15) is 29.4 Å². The molecule has 0 saturated carbocycles. The summed E-state index contributed by atoms with van der Waals surface area (Å²) in [7, 11) is 0. The summed E-state index contributed by atoms with van der Waals surface area (Å²) in [5.74, 6) is -0.729. The number of halogens is 1. The van der Waals surface area contributed by atoms with Crippen molar-refractivity contribution in [1.29, 1.82) is 0 Å². The van der Waals surface area contributed by atoms with Crippen molar-refractivity contribution >= 4 is 5.97 Å². The Morgan fingerprint density at radius 3 is 2.71 bits per heavy atom. The highest BCUT2D eigenvalue weighted by Gasteiger charge is 2.16. The van der Waals surface area contributed by atoms with Crippen LogP contribution in [0.3, 0.4) is 0 Å². The fourth-order valence-corrected chi connectivity index (χ4v) is 1.89. The first-order valence-corrected chi connectivity index (χ1v) is 6.76. The SMILES string of the molecule is CC/C=C/COC(=O)c1cnn(-c2ccc(F)cc2)c1C. The van der Waals surface area contributed by atoms with Gasteiger partial charge in [-0.05, 0) is 37.6 Å². The number of benzene rings is 1. The molecule has 0 aliphatic heterocycles. The maximum Gasteiger partial charge on any atom is 0.341 e. The Kier molecular flexibility index (Phi) is 4.87. The van der Waals surface area contributed by atoms with E-state index in [1.165, 1.54) is 18.3 Å². The molecule has 2 aromatic rings. The number of nitrogens with zero attached hydrogens (tertiary/aromatic N) is 2. The molecule has 0 aliphatic rings. The molecule has 0 aliphatic carbocycles. The average Bonchev–Trinajstić information content (AvgIpc) is 2.86. The molecule has 0 unspecified atom stereocenters. The van der Waals surface area contributed by atoms with Crippen LogP contribution in [0.15, 0.2) is 42.6 Å². The molecule has 0 saturated heterocycles. The molecule has 5 heteroatoms. The number of allylic oxidation sites excluding steroid dienone is 1. The molecule has 21 heavy (non-hydrogen) atoms. The first kappa shape index (κ1) is 15.0. The quantitative estimate of drug-likeness (QED) is 0.625. The molecule has 0 atom stereocenters. The van der Waals surface area contributed by atoms with E-state index in [-0.39, 0.29) is 12.4 Å². The van der Waals surface area contributed by atoms with Crippen molar-refractivity contribution in [2.45, 2.75) is 20.3 Å². The van der Waals surface area contributed by atoms with Crippen molar-refractivity contribution < 1.29 is 13.9 Å². The van der Waals surface area contributed by atoms with Crippen LogP contribution in [0.25, 0.3) is 5.69 Å². The van der Waals surface area contributed by atoms with Crippen molar-refractivity contribution in [3.63, 3.8) is 0 Å². The van der Waals surface area contributed by atoms with Gasteiger partial charge in [-0.3, -0.25) is 0 Å². The van der Waals surface area contributed by atoms with Crippen LogP contribution in [0, 0.1) is 12.7 Å². The monoisotopic (exact) mass is 288 g/mol. The molecule has 1 heterocycles. The van der Waals surface area contributed by atoms with E-state index in [1.807, 2.05) is 13.0 Å². The van der Waals surface area contributed by atoms with Gasteiger partial charge in [0, 0.05) is 0 Å². The number of hydrogen-bond donors (Lipinski definition) is 0. The van der Waals surface area contributed by atoms with Gasteiger partial charge < -0.3 is 4.74 Å². The zero-order valence-electron chi connectivity index (χ0n) is 12.0. The molecular weight excluding hydrogens is 271 g/mol. The molecule has 110 valence electrons. The largest absolute Gasteiger partial charge is 0.458 e. The van der Waals surface area contributed by atoms with E-state index in [0.717, 1.165) is 6.42 Å². The first-order chi connectivity index (χ1) is 10.1. The molecular formula is C16H17FN2O2. The predicted octanol–water partition coefficient (Wildman–Crippen LogP) is 3.44. The molecule has 1 aromatic heterocycles. The maximum atomic E-state index is 12.9. The number of ether oxygens (including phenoxy) is 1. The average molecular weight is 288 g/mol. The fraction of sp³-hybridized carbons (Fsp3) is 0.250. The van der Waals surface area contributed by atoms with Crippen LogP contribution in [-0.2, 0) is 4.74 Å². The molecule has 0 N–H and O–H groups in total. The van der Waals surface area contributed by atoms with Gasteiger partial charge in [0.15, 0.2) is 0 Å². The highest BCUT2D eigenvalue weighted by molar-refractivity contribution is 5.90. The van der Waals surface area contributed by atoms with Crippen LogP contribution in [0.2, 0.25) is 0 Å². The topological polar surface area (TPSA) is 44.1 Å². The Labute approximate surface area is 122 Å². The third-order valence-electron chi connectivity index (χ3n) is 3.01.